The van der Waals surface area contributed by atoms with E-state index in [1.165, 1.54) is 28.5 Å². The lowest BCUT2D eigenvalue weighted by Crippen LogP contribution is -2.21. The molecule has 4 heterocycles. The predicted octanol–water partition coefficient (Wildman–Crippen LogP) is 2.62. The van der Waals surface area contributed by atoms with Crippen molar-refractivity contribution in [2.24, 2.45) is 0 Å². The van der Waals surface area contributed by atoms with Crippen LogP contribution in [0.1, 0.15) is 17.6 Å². The Bertz CT molecular complexity index is 1590. The fraction of sp³-hybridized carbons (Fsp3) is 0.333. The SMILES string of the molecule is CSc1ccc(OC(F)F)c(-c2nn(Cc3nnnn3CCN(C)C)cc2NC(O)c2cnn3cccnc23)c1. The Kier molecular flexibility index (Phi) is 8.18. The molecule has 0 saturated carbocycles. The first-order valence-corrected chi connectivity index (χ1v) is 13.4. The third-order valence-corrected chi connectivity index (χ3v) is 6.71. The van der Waals surface area contributed by atoms with Crippen molar-refractivity contribution in [3.63, 3.8) is 0 Å². The van der Waals surface area contributed by atoms with Crippen molar-refractivity contribution >= 4 is 23.1 Å². The fourth-order valence-electron chi connectivity index (χ4n) is 4.04. The predicted molar refractivity (Wildman–Crippen MR) is 143 cm³/mol. The van der Waals surface area contributed by atoms with Crippen LogP contribution in [0, 0.1) is 0 Å². The summed E-state index contributed by atoms with van der Waals surface area (Å²) >= 11 is 1.44. The van der Waals surface area contributed by atoms with Crippen molar-refractivity contribution in [3.8, 4) is 17.0 Å². The van der Waals surface area contributed by atoms with Gasteiger partial charge in [-0.15, -0.1) is 16.9 Å². The molecule has 0 spiro atoms. The van der Waals surface area contributed by atoms with Crippen LogP contribution in [0.2, 0.25) is 0 Å². The van der Waals surface area contributed by atoms with Gasteiger partial charge in [0.15, 0.2) is 17.7 Å². The van der Waals surface area contributed by atoms with Gasteiger partial charge in [-0.25, -0.2) is 14.2 Å². The maximum atomic E-state index is 13.3. The van der Waals surface area contributed by atoms with Crippen molar-refractivity contribution in [3.05, 3.63) is 60.4 Å². The van der Waals surface area contributed by atoms with Crippen LogP contribution in [0.25, 0.3) is 16.9 Å². The molecule has 1 aromatic carbocycles. The molecule has 0 aliphatic carbocycles. The zero-order valence-corrected chi connectivity index (χ0v) is 22.7. The third kappa shape index (κ3) is 6.03. The number of nitrogens with zero attached hydrogens (tertiary/aromatic N) is 10. The molecule has 0 amide bonds. The van der Waals surface area contributed by atoms with Crippen LogP contribution in [-0.4, -0.2) is 88.1 Å². The maximum absolute atomic E-state index is 13.3. The molecule has 0 aliphatic heterocycles. The summed E-state index contributed by atoms with van der Waals surface area (Å²) in [4.78, 5) is 7.12. The van der Waals surface area contributed by atoms with Crippen LogP contribution in [0.3, 0.4) is 0 Å². The summed E-state index contributed by atoms with van der Waals surface area (Å²) in [5.74, 6) is 0.501. The minimum Gasteiger partial charge on any atom is -0.434 e. The molecule has 1 atom stereocenters. The van der Waals surface area contributed by atoms with Crippen molar-refractivity contribution in [1.82, 2.24) is 49.5 Å². The van der Waals surface area contributed by atoms with Gasteiger partial charge < -0.3 is 20.1 Å². The molecule has 0 aliphatic rings. The number of nitrogens with one attached hydrogen (secondary N) is 1. The van der Waals surface area contributed by atoms with Gasteiger partial charge in [-0.2, -0.15) is 19.0 Å². The van der Waals surface area contributed by atoms with E-state index < -0.39 is 12.8 Å². The van der Waals surface area contributed by atoms with Crippen LogP contribution in [0.4, 0.5) is 14.5 Å². The van der Waals surface area contributed by atoms with Crippen molar-refractivity contribution in [2.75, 3.05) is 32.2 Å². The summed E-state index contributed by atoms with van der Waals surface area (Å²) in [5.41, 5.74) is 1.87. The van der Waals surface area contributed by atoms with E-state index in [1.54, 1.807) is 46.2 Å². The van der Waals surface area contributed by atoms with E-state index in [0.717, 1.165) is 11.4 Å². The minimum absolute atomic E-state index is 0.0518. The number of aromatic nitrogens is 9. The van der Waals surface area contributed by atoms with E-state index >= 15 is 0 Å². The number of ether oxygens (including phenoxy) is 1. The number of thioether (sulfide) groups is 1. The van der Waals surface area contributed by atoms with Crippen LogP contribution in [-0.2, 0) is 13.1 Å². The highest BCUT2D eigenvalue weighted by Crippen LogP contribution is 2.38. The number of alkyl halides is 2. The summed E-state index contributed by atoms with van der Waals surface area (Å²) in [5, 5.41) is 35.1. The van der Waals surface area contributed by atoms with E-state index in [4.69, 9.17) is 4.74 Å². The van der Waals surface area contributed by atoms with Gasteiger partial charge in [-0.1, -0.05) is 0 Å². The number of hydrogen-bond donors (Lipinski definition) is 2. The zero-order valence-electron chi connectivity index (χ0n) is 21.9. The van der Waals surface area contributed by atoms with Crippen LogP contribution in [0.5, 0.6) is 5.75 Å². The van der Waals surface area contributed by atoms with Gasteiger partial charge in [0.2, 0.25) is 0 Å². The average molecular weight is 572 g/mol. The Morgan fingerprint density at radius 1 is 1.25 bits per heavy atom. The average Bonchev–Trinajstić information content (AvgIpc) is 3.66. The van der Waals surface area contributed by atoms with E-state index in [-0.39, 0.29) is 12.3 Å². The zero-order chi connectivity index (χ0) is 28.2. The number of aliphatic hydroxyl groups excluding tert-OH is 1. The largest absolute Gasteiger partial charge is 0.434 e. The molecule has 40 heavy (non-hydrogen) atoms. The van der Waals surface area contributed by atoms with Crippen molar-refractivity contribution in [2.45, 2.75) is 30.8 Å². The molecule has 0 saturated heterocycles. The topological polar surface area (TPSA) is 136 Å². The van der Waals surface area contributed by atoms with Gasteiger partial charge in [-0.3, -0.25) is 4.68 Å². The molecular weight excluding hydrogens is 544 g/mol. The number of aliphatic hydroxyl groups is 1. The fourth-order valence-corrected chi connectivity index (χ4v) is 4.48. The normalized spacial score (nSPS) is 12.5. The van der Waals surface area contributed by atoms with Gasteiger partial charge in [0.05, 0.1) is 24.0 Å². The lowest BCUT2D eigenvalue weighted by molar-refractivity contribution is -0.0494. The van der Waals surface area contributed by atoms with Crippen molar-refractivity contribution in [1.29, 1.82) is 0 Å². The number of halogens is 2. The second-order valence-electron chi connectivity index (χ2n) is 8.99. The molecule has 5 aromatic rings. The number of fused-ring (bicyclic) bond motifs is 1. The highest BCUT2D eigenvalue weighted by atomic mass is 32.2. The van der Waals surface area contributed by atoms with Crippen LogP contribution < -0.4 is 10.1 Å². The molecule has 0 radical (unpaired) electrons. The third-order valence-electron chi connectivity index (χ3n) is 5.98. The second-order valence-corrected chi connectivity index (χ2v) is 9.87. The first-order chi connectivity index (χ1) is 19.3. The highest BCUT2D eigenvalue weighted by molar-refractivity contribution is 7.98. The van der Waals surface area contributed by atoms with E-state index in [0.29, 0.717) is 40.5 Å². The quantitative estimate of drug-likeness (QED) is 0.169. The number of hydrogen-bond acceptors (Lipinski definition) is 11. The Morgan fingerprint density at radius 3 is 2.88 bits per heavy atom. The Labute approximate surface area is 231 Å². The number of likely N-dealkylation sites (N-methyl/N-ethyl adjacent to an activating group) is 1. The molecule has 0 bridgehead atoms. The lowest BCUT2D eigenvalue weighted by Gasteiger charge is -2.15. The Morgan fingerprint density at radius 2 is 2.10 bits per heavy atom. The summed E-state index contributed by atoms with van der Waals surface area (Å²) in [7, 11) is 3.91. The lowest BCUT2D eigenvalue weighted by atomic mass is 10.1. The molecule has 4 aromatic heterocycles. The van der Waals surface area contributed by atoms with Gasteiger partial charge in [0.25, 0.3) is 0 Å². The number of benzene rings is 1. The van der Waals surface area contributed by atoms with E-state index in [9.17, 15) is 13.9 Å². The standard InChI is InChI=1S/C24H27F2N11O2S/c1-34(2)9-10-36-20(30-32-33-36)14-35-13-18(29-23(38)17-12-28-37-8-4-7-27-22(17)37)21(31-35)16-11-15(40-3)5-6-19(16)39-24(25)26/h4-8,11-13,23-24,29,38H,9-10,14H2,1-3H3. The summed E-state index contributed by atoms with van der Waals surface area (Å²) in [6.07, 6.45) is 7.10. The molecule has 2 N–H and O–H groups in total. The minimum atomic E-state index is -3.03. The van der Waals surface area contributed by atoms with E-state index in [2.05, 4.69) is 36.0 Å². The number of tetrazole rings is 1. The first kappa shape index (κ1) is 27.4. The molecule has 1 unspecified atom stereocenters. The molecule has 16 heteroatoms. The van der Waals surface area contributed by atoms with Gasteiger partial charge in [-0.05, 0) is 55.0 Å². The van der Waals surface area contributed by atoms with Gasteiger partial charge >= 0.3 is 6.61 Å². The van der Waals surface area contributed by atoms with Crippen LogP contribution >= 0.6 is 11.8 Å². The van der Waals surface area contributed by atoms with Crippen LogP contribution in [0.15, 0.2) is 53.9 Å². The second kappa shape index (κ2) is 11.9. The van der Waals surface area contributed by atoms with Gasteiger partial charge in [0.1, 0.15) is 18.0 Å². The highest BCUT2D eigenvalue weighted by Gasteiger charge is 2.23. The summed E-state index contributed by atoms with van der Waals surface area (Å²) in [6.45, 7) is -1.55. The molecule has 5 rings (SSSR count). The monoisotopic (exact) mass is 571 g/mol. The molecule has 0 fully saturated rings. The summed E-state index contributed by atoms with van der Waals surface area (Å²) < 4.78 is 36.3. The van der Waals surface area contributed by atoms with Crippen molar-refractivity contribution < 1.29 is 18.6 Å². The number of anilines is 1. The number of rotatable bonds is 12. The summed E-state index contributed by atoms with van der Waals surface area (Å²) in [6, 6.07) is 6.60. The van der Waals surface area contributed by atoms with E-state index in [1.807, 2.05) is 25.3 Å². The maximum Gasteiger partial charge on any atom is 0.387 e. The molecular formula is C24H27F2N11O2S. The molecule has 13 nitrogen and oxygen atoms in total. The first-order valence-electron chi connectivity index (χ1n) is 12.2. The smallest absolute Gasteiger partial charge is 0.387 e. The van der Waals surface area contributed by atoms with Gasteiger partial charge in [0, 0.05) is 35.6 Å². The Hall–Kier alpha value is -4.15. The Balaban J connectivity index is 1.54. The molecule has 210 valence electrons.